The monoisotopic (exact) mass is 190 g/mol. The predicted molar refractivity (Wildman–Crippen MR) is 55.8 cm³/mol. The van der Waals surface area contributed by atoms with Crippen LogP contribution >= 0.6 is 0 Å². The fourth-order valence-electron chi connectivity index (χ4n) is 1.81. The molecule has 3 nitrogen and oxygen atoms in total. The lowest BCUT2D eigenvalue weighted by molar-refractivity contribution is -0.123. The SMILES string of the molecule is CNC(=O)C1(c2ccc(N)cc2)CC1. The van der Waals surface area contributed by atoms with E-state index in [0.717, 1.165) is 24.1 Å². The van der Waals surface area contributed by atoms with Gasteiger partial charge in [-0.05, 0) is 30.5 Å². The van der Waals surface area contributed by atoms with Gasteiger partial charge in [-0.15, -0.1) is 0 Å². The van der Waals surface area contributed by atoms with Crippen LogP contribution in [-0.2, 0) is 10.2 Å². The third kappa shape index (κ3) is 1.25. The molecule has 74 valence electrons. The van der Waals surface area contributed by atoms with Crippen molar-refractivity contribution < 1.29 is 4.79 Å². The van der Waals surface area contributed by atoms with Crippen molar-refractivity contribution in [3.63, 3.8) is 0 Å². The Morgan fingerprint density at radius 2 is 1.93 bits per heavy atom. The number of anilines is 1. The number of benzene rings is 1. The third-order valence-corrected chi connectivity index (χ3v) is 2.87. The van der Waals surface area contributed by atoms with Gasteiger partial charge in [0.05, 0.1) is 5.41 Å². The van der Waals surface area contributed by atoms with Crippen LogP contribution in [0.2, 0.25) is 0 Å². The standard InChI is InChI=1S/C11H14N2O/c1-13-10(14)11(6-7-11)8-2-4-9(12)5-3-8/h2-5H,6-7,12H2,1H3,(H,13,14). The average Bonchev–Trinajstić information content (AvgIpc) is 2.99. The minimum Gasteiger partial charge on any atom is -0.399 e. The largest absolute Gasteiger partial charge is 0.399 e. The van der Waals surface area contributed by atoms with Gasteiger partial charge in [-0.1, -0.05) is 12.1 Å². The number of carbonyl (C=O) groups is 1. The van der Waals surface area contributed by atoms with Crippen molar-refractivity contribution in [2.45, 2.75) is 18.3 Å². The normalized spacial score (nSPS) is 17.5. The summed E-state index contributed by atoms with van der Waals surface area (Å²) in [6, 6.07) is 7.58. The van der Waals surface area contributed by atoms with E-state index < -0.39 is 0 Å². The second-order valence-corrected chi connectivity index (χ2v) is 3.78. The maximum Gasteiger partial charge on any atom is 0.230 e. The van der Waals surface area contributed by atoms with Gasteiger partial charge in [-0.3, -0.25) is 4.79 Å². The van der Waals surface area contributed by atoms with Crippen LogP contribution in [0, 0.1) is 0 Å². The number of nitrogens with two attached hydrogens (primary N) is 1. The van der Waals surface area contributed by atoms with Crippen molar-refractivity contribution in [2.75, 3.05) is 12.8 Å². The number of amides is 1. The second kappa shape index (κ2) is 3.01. The summed E-state index contributed by atoms with van der Waals surface area (Å²) in [5, 5.41) is 2.71. The molecule has 0 saturated heterocycles. The number of rotatable bonds is 2. The van der Waals surface area contributed by atoms with Crippen LogP contribution in [0.4, 0.5) is 5.69 Å². The van der Waals surface area contributed by atoms with E-state index in [4.69, 9.17) is 5.73 Å². The highest BCUT2D eigenvalue weighted by molar-refractivity contribution is 5.91. The number of nitrogens with one attached hydrogen (secondary N) is 1. The molecule has 0 aromatic heterocycles. The number of likely N-dealkylation sites (N-methyl/N-ethyl adjacent to an activating group) is 1. The number of carbonyl (C=O) groups excluding carboxylic acids is 1. The van der Waals surface area contributed by atoms with Crippen molar-refractivity contribution in [1.82, 2.24) is 5.32 Å². The quantitative estimate of drug-likeness (QED) is 0.685. The summed E-state index contributed by atoms with van der Waals surface area (Å²) in [6.45, 7) is 0. The zero-order valence-electron chi connectivity index (χ0n) is 8.21. The molecule has 0 aliphatic heterocycles. The molecule has 1 aliphatic carbocycles. The first kappa shape index (κ1) is 9.06. The highest BCUT2D eigenvalue weighted by atomic mass is 16.2. The van der Waals surface area contributed by atoms with E-state index in [1.54, 1.807) is 7.05 Å². The average molecular weight is 190 g/mol. The second-order valence-electron chi connectivity index (χ2n) is 3.78. The smallest absolute Gasteiger partial charge is 0.230 e. The van der Waals surface area contributed by atoms with Gasteiger partial charge in [0.25, 0.3) is 0 Å². The molecule has 0 atom stereocenters. The van der Waals surface area contributed by atoms with E-state index in [-0.39, 0.29) is 11.3 Å². The molecule has 1 saturated carbocycles. The Morgan fingerprint density at radius 1 is 1.36 bits per heavy atom. The van der Waals surface area contributed by atoms with Gasteiger partial charge < -0.3 is 11.1 Å². The van der Waals surface area contributed by atoms with Gasteiger partial charge in [0.1, 0.15) is 0 Å². The van der Waals surface area contributed by atoms with Gasteiger partial charge >= 0.3 is 0 Å². The van der Waals surface area contributed by atoms with E-state index in [0.29, 0.717) is 0 Å². The van der Waals surface area contributed by atoms with Crippen LogP contribution < -0.4 is 11.1 Å². The molecule has 1 amide bonds. The minimum atomic E-state index is -0.261. The van der Waals surface area contributed by atoms with Crippen LogP contribution in [0.15, 0.2) is 24.3 Å². The minimum absolute atomic E-state index is 0.113. The van der Waals surface area contributed by atoms with Crippen LogP contribution in [0.1, 0.15) is 18.4 Å². The molecule has 0 heterocycles. The van der Waals surface area contributed by atoms with Crippen LogP contribution in [0.25, 0.3) is 0 Å². The summed E-state index contributed by atoms with van der Waals surface area (Å²) in [4.78, 5) is 11.6. The zero-order chi connectivity index (χ0) is 10.2. The molecule has 2 rings (SSSR count). The molecule has 3 N–H and O–H groups in total. The Hall–Kier alpha value is -1.51. The molecule has 1 aromatic rings. The fourth-order valence-corrected chi connectivity index (χ4v) is 1.81. The Morgan fingerprint density at radius 3 is 2.36 bits per heavy atom. The van der Waals surface area contributed by atoms with Gasteiger partial charge in [-0.2, -0.15) is 0 Å². The molecule has 0 bridgehead atoms. The zero-order valence-corrected chi connectivity index (χ0v) is 8.21. The van der Waals surface area contributed by atoms with Gasteiger partial charge in [0, 0.05) is 12.7 Å². The maximum atomic E-state index is 11.6. The summed E-state index contributed by atoms with van der Waals surface area (Å²) in [6.07, 6.45) is 1.88. The molecule has 1 aliphatic rings. The molecule has 0 radical (unpaired) electrons. The van der Waals surface area contributed by atoms with Gasteiger partial charge in [0.2, 0.25) is 5.91 Å². The van der Waals surface area contributed by atoms with E-state index in [9.17, 15) is 4.79 Å². The van der Waals surface area contributed by atoms with Crippen molar-refractivity contribution in [2.24, 2.45) is 0 Å². The lowest BCUT2D eigenvalue weighted by atomic mass is 9.95. The first-order valence-electron chi connectivity index (χ1n) is 4.77. The van der Waals surface area contributed by atoms with Crippen LogP contribution in [0.3, 0.4) is 0 Å². The van der Waals surface area contributed by atoms with E-state index >= 15 is 0 Å². The molecule has 3 heteroatoms. The van der Waals surface area contributed by atoms with Crippen LogP contribution in [0.5, 0.6) is 0 Å². The van der Waals surface area contributed by atoms with Crippen molar-refractivity contribution in [1.29, 1.82) is 0 Å². The van der Waals surface area contributed by atoms with E-state index in [2.05, 4.69) is 5.32 Å². The summed E-state index contributed by atoms with van der Waals surface area (Å²) in [7, 11) is 1.68. The fraction of sp³-hybridized carbons (Fsp3) is 0.364. The molecule has 1 aromatic carbocycles. The highest BCUT2D eigenvalue weighted by Gasteiger charge is 2.50. The Bertz CT molecular complexity index is 352. The Labute approximate surface area is 83.3 Å². The number of hydrogen-bond donors (Lipinski definition) is 2. The van der Waals surface area contributed by atoms with E-state index in [1.807, 2.05) is 24.3 Å². The lowest BCUT2D eigenvalue weighted by Gasteiger charge is -2.13. The summed E-state index contributed by atoms with van der Waals surface area (Å²) < 4.78 is 0. The van der Waals surface area contributed by atoms with Gasteiger partial charge in [-0.25, -0.2) is 0 Å². The first-order chi connectivity index (χ1) is 6.69. The van der Waals surface area contributed by atoms with Crippen molar-refractivity contribution in [3.05, 3.63) is 29.8 Å². The predicted octanol–water partition coefficient (Wildman–Crippen LogP) is 1.05. The maximum absolute atomic E-state index is 11.6. The Kier molecular flexibility index (Phi) is 1.95. The Balaban J connectivity index is 2.31. The molecular formula is C11H14N2O. The van der Waals surface area contributed by atoms with Crippen molar-refractivity contribution in [3.8, 4) is 0 Å². The van der Waals surface area contributed by atoms with Crippen molar-refractivity contribution >= 4 is 11.6 Å². The lowest BCUT2D eigenvalue weighted by Crippen LogP contribution is -2.31. The number of hydrogen-bond acceptors (Lipinski definition) is 2. The summed E-state index contributed by atoms with van der Waals surface area (Å²) in [5.41, 5.74) is 7.15. The molecule has 0 unspecified atom stereocenters. The molecule has 0 spiro atoms. The molecule has 14 heavy (non-hydrogen) atoms. The molecular weight excluding hydrogens is 176 g/mol. The summed E-state index contributed by atoms with van der Waals surface area (Å²) in [5.74, 6) is 0.113. The van der Waals surface area contributed by atoms with Crippen LogP contribution in [-0.4, -0.2) is 13.0 Å². The topological polar surface area (TPSA) is 55.1 Å². The van der Waals surface area contributed by atoms with E-state index in [1.165, 1.54) is 0 Å². The first-order valence-corrected chi connectivity index (χ1v) is 4.77. The molecule has 1 fully saturated rings. The third-order valence-electron chi connectivity index (χ3n) is 2.87. The highest BCUT2D eigenvalue weighted by Crippen LogP contribution is 2.48. The van der Waals surface area contributed by atoms with Gasteiger partial charge in [0.15, 0.2) is 0 Å². The number of nitrogen functional groups attached to an aromatic ring is 1. The summed E-state index contributed by atoms with van der Waals surface area (Å²) >= 11 is 0.